The van der Waals surface area contributed by atoms with Crippen LogP contribution in [0.15, 0.2) is 61.2 Å². The first kappa shape index (κ1) is 30.2. The summed E-state index contributed by atoms with van der Waals surface area (Å²) in [5.41, 5.74) is 3.27. The molecule has 2 saturated carbocycles. The number of carbonyl (C=O) groups excluding carboxylic acids is 1. The first-order valence-corrected chi connectivity index (χ1v) is 17.4. The number of carbonyl (C=O) groups is 1. The molecule has 7 nitrogen and oxygen atoms in total. The van der Waals surface area contributed by atoms with Gasteiger partial charge in [-0.15, -0.1) is 6.58 Å². The van der Waals surface area contributed by atoms with Crippen LogP contribution < -0.4 is 14.4 Å². The third-order valence-corrected chi connectivity index (χ3v) is 11.6. The second-order valence-corrected chi connectivity index (χ2v) is 15.1. The van der Waals surface area contributed by atoms with Crippen molar-refractivity contribution in [2.24, 2.45) is 23.7 Å². The molecule has 0 aromatic heterocycles. The number of allylic oxidation sites excluding steroid dienone is 2. The lowest BCUT2D eigenvalue weighted by Gasteiger charge is -2.45. The van der Waals surface area contributed by atoms with Gasteiger partial charge in [0.15, 0.2) is 0 Å². The maximum absolute atomic E-state index is 13.3. The molecule has 3 aliphatic carbocycles. The predicted molar refractivity (Wildman–Crippen MR) is 170 cm³/mol. The summed E-state index contributed by atoms with van der Waals surface area (Å²) in [6.45, 7) is 7.58. The van der Waals surface area contributed by atoms with Gasteiger partial charge in [-0.2, -0.15) is 0 Å². The highest BCUT2D eigenvalue weighted by Gasteiger charge is 2.44. The van der Waals surface area contributed by atoms with Crippen LogP contribution in [0.2, 0.25) is 5.02 Å². The smallest absolute Gasteiger partial charge is 0.264 e. The number of sulfonamides is 1. The Labute approximate surface area is 260 Å². The molecule has 1 spiro atoms. The minimum absolute atomic E-state index is 0.0446. The van der Waals surface area contributed by atoms with Crippen LogP contribution in [0.1, 0.15) is 60.5 Å². The van der Waals surface area contributed by atoms with E-state index in [9.17, 15) is 18.3 Å². The summed E-state index contributed by atoms with van der Waals surface area (Å²) in [5, 5.41) is 11.3. The minimum atomic E-state index is -3.78. The Morgan fingerprint density at radius 2 is 2.09 bits per heavy atom. The number of amides is 1. The number of fused-ring (bicyclic) bond motifs is 3. The highest BCUT2D eigenvalue weighted by molar-refractivity contribution is 7.90. The normalized spacial score (nSPS) is 28.7. The number of aliphatic hydroxyl groups excluding tert-OH is 1. The van der Waals surface area contributed by atoms with Crippen LogP contribution in [0.3, 0.4) is 0 Å². The summed E-state index contributed by atoms with van der Waals surface area (Å²) in [6.07, 6.45) is 10.7. The van der Waals surface area contributed by atoms with Crippen LogP contribution in [-0.4, -0.2) is 51.0 Å². The van der Waals surface area contributed by atoms with Crippen LogP contribution >= 0.6 is 11.6 Å². The summed E-state index contributed by atoms with van der Waals surface area (Å²) >= 11 is 6.38. The maximum Gasteiger partial charge on any atom is 0.264 e. The highest BCUT2D eigenvalue weighted by atomic mass is 35.5. The molecule has 2 fully saturated rings. The number of aryl methyl sites for hydroxylation is 1. The summed E-state index contributed by atoms with van der Waals surface area (Å²) in [7, 11) is -3.78. The molecule has 9 heteroatoms. The van der Waals surface area contributed by atoms with Crippen LogP contribution in [0.5, 0.6) is 5.75 Å². The Hall–Kier alpha value is -2.81. The van der Waals surface area contributed by atoms with Crippen molar-refractivity contribution >= 4 is 33.2 Å². The van der Waals surface area contributed by atoms with Gasteiger partial charge in [-0.25, -0.2) is 13.1 Å². The topological polar surface area (TPSA) is 95.9 Å². The second-order valence-electron chi connectivity index (χ2n) is 12.9. The minimum Gasteiger partial charge on any atom is -0.490 e. The number of halogens is 1. The van der Waals surface area contributed by atoms with E-state index in [1.807, 2.05) is 25.1 Å². The molecule has 1 amide bonds. The van der Waals surface area contributed by atoms with Crippen molar-refractivity contribution in [3.8, 4) is 5.75 Å². The molecule has 6 atom stereocenters. The van der Waals surface area contributed by atoms with E-state index in [0.29, 0.717) is 25.4 Å². The number of hydrogen-bond donors (Lipinski definition) is 2. The maximum atomic E-state index is 13.3. The SMILES string of the molecule is C=C[C@H](O)[C@@H]1CC[C@H]1CN1C[C@@]2(CCCc3cc(Cl)ccc32)COc2ccc(C(=O)NS(=O)(=O)C[C@@H]3C[C@@H]3/C=C/C)cc21. The fraction of sp³-hybridized carbons (Fsp3) is 0.500. The third kappa shape index (κ3) is 6.24. The summed E-state index contributed by atoms with van der Waals surface area (Å²) in [5.74, 6) is 0.668. The largest absolute Gasteiger partial charge is 0.490 e. The van der Waals surface area contributed by atoms with Crippen molar-refractivity contribution in [2.45, 2.75) is 57.0 Å². The fourth-order valence-electron chi connectivity index (χ4n) is 7.45. The first-order valence-electron chi connectivity index (χ1n) is 15.4. The van der Waals surface area contributed by atoms with Gasteiger partial charge in [0.2, 0.25) is 10.0 Å². The van der Waals surface area contributed by atoms with E-state index in [1.165, 1.54) is 11.1 Å². The van der Waals surface area contributed by atoms with Crippen LogP contribution in [0.4, 0.5) is 5.69 Å². The lowest BCUT2D eigenvalue weighted by molar-refractivity contribution is 0.0460. The van der Waals surface area contributed by atoms with Crippen molar-refractivity contribution in [3.05, 3.63) is 82.9 Å². The van der Waals surface area contributed by atoms with Crippen LogP contribution in [0, 0.1) is 23.7 Å². The Morgan fingerprint density at radius 3 is 2.84 bits per heavy atom. The third-order valence-electron chi connectivity index (χ3n) is 10.0. The van der Waals surface area contributed by atoms with Crippen LogP contribution in [-0.2, 0) is 21.9 Å². The Morgan fingerprint density at radius 1 is 1.26 bits per heavy atom. The van der Waals surface area contributed by atoms with Crippen molar-refractivity contribution in [2.75, 3.05) is 30.3 Å². The molecule has 6 rings (SSSR count). The fourth-order valence-corrected chi connectivity index (χ4v) is 9.08. The Bertz CT molecular complexity index is 1540. The molecule has 0 radical (unpaired) electrons. The van der Waals surface area contributed by atoms with E-state index < -0.39 is 22.0 Å². The van der Waals surface area contributed by atoms with Crippen molar-refractivity contribution in [1.29, 1.82) is 0 Å². The monoisotopic (exact) mass is 624 g/mol. The van der Waals surface area contributed by atoms with E-state index in [-0.39, 0.29) is 40.4 Å². The highest BCUT2D eigenvalue weighted by Crippen LogP contribution is 2.47. The standard InChI is InChI=1S/C34H41ClN2O5S/c1-3-6-22-15-26(22)19-43(40,41)36-33(39)24-9-13-32-30(17-24)37(18-25-8-11-28(25)31(38)4-2)20-34(21-42-32)14-5-7-23-16-27(35)10-12-29(23)34/h3-4,6,9-10,12-13,16-17,22,25-26,28,31,38H,2,5,7-8,11,14-15,18-21H2,1H3,(H,36,39)/b6-3+/t22-,25-,26-,28+,31-,34-/m0/s1. The number of rotatable bonds is 9. The molecule has 1 heterocycles. The van der Waals surface area contributed by atoms with E-state index in [4.69, 9.17) is 16.3 Å². The predicted octanol–water partition coefficient (Wildman–Crippen LogP) is 5.66. The quantitative estimate of drug-likeness (QED) is 0.350. The van der Waals surface area contributed by atoms with Crippen LogP contribution in [0.25, 0.3) is 0 Å². The number of anilines is 1. The average Bonchev–Trinajstić information content (AvgIpc) is 3.71. The summed E-state index contributed by atoms with van der Waals surface area (Å²) < 4.78 is 34.5. The molecule has 2 N–H and O–H groups in total. The first-order chi connectivity index (χ1) is 20.6. The Balaban J connectivity index is 1.30. The zero-order valence-corrected chi connectivity index (χ0v) is 26.2. The van der Waals surface area contributed by atoms with Gasteiger partial charge in [0.1, 0.15) is 5.75 Å². The summed E-state index contributed by atoms with van der Waals surface area (Å²) in [6, 6.07) is 11.3. The molecule has 0 unspecified atom stereocenters. The van der Waals surface area contributed by atoms with Gasteiger partial charge in [-0.1, -0.05) is 35.9 Å². The molecular formula is C34H41ClN2O5S. The van der Waals surface area contributed by atoms with E-state index in [1.54, 1.807) is 24.3 Å². The zero-order chi connectivity index (χ0) is 30.4. The molecule has 0 bridgehead atoms. The molecular weight excluding hydrogens is 584 g/mol. The molecule has 43 heavy (non-hydrogen) atoms. The average molecular weight is 625 g/mol. The lowest BCUT2D eigenvalue weighted by Crippen LogP contribution is -2.49. The molecule has 230 valence electrons. The number of aliphatic hydroxyl groups is 1. The van der Waals surface area contributed by atoms with Crippen molar-refractivity contribution in [3.63, 3.8) is 0 Å². The van der Waals surface area contributed by atoms with Crippen molar-refractivity contribution < 1.29 is 23.1 Å². The Kier molecular flexibility index (Phi) is 8.39. The zero-order valence-electron chi connectivity index (χ0n) is 24.7. The number of hydrogen-bond acceptors (Lipinski definition) is 6. The molecule has 1 aliphatic heterocycles. The van der Waals surface area contributed by atoms with Crippen molar-refractivity contribution in [1.82, 2.24) is 4.72 Å². The molecule has 4 aliphatic rings. The summed E-state index contributed by atoms with van der Waals surface area (Å²) in [4.78, 5) is 15.6. The number of benzene rings is 2. The van der Waals surface area contributed by atoms with E-state index in [2.05, 4.69) is 28.3 Å². The number of nitrogens with one attached hydrogen (secondary N) is 1. The van der Waals surface area contributed by atoms with Gasteiger partial charge in [-0.05, 0) is 111 Å². The number of nitrogens with zero attached hydrogens (tertiary/aromatic N) is 1. The second kappa shape index (κ2) is 11.9. The van der Waals surface area contributed by atoms with Gasteiger partial charge in [-0.3, -0.25) is 4.79 Å². The van der Waals surface area contributed by atoms with Gasteiger partial charge < -0.3 is 14.7 Å². The molecule has 2 aromatic rings. The molecule has 2 aromatic carbocycles. The molecule has 0 saturated heterocycles. The van der Waals surface area contributed by atoms with Gasteiger partial charge in [0.05, 0.1) is 24.2 Å². The van der Waals surface area contributed by atoms with Gasteiger partial charge in [0, 0.05) is 29.1 Å². The van der Waals surface area contributed by atoms with E-state index in [0.717, 1.165) is 49.2 Å². The van der Waals surface area contributed by atoms with Gasteiger partial charge >= 0.3 is 0 Å². The van der Waals surface area contributed by atoms with E-state index >= 15 is 0 Å². The number of ether oxygens (including phenoxy) is 1. The van der Waals surface area contributed by atoms with Gasteiger partial charge in [0.25, 0.3) is 5.91 Å². The lowest BCUT2D eigenvalue weighted by atomic mass is 9.68.